The predicted octanol–water partition coefficient (Wildman–Crippen LogP) is 0.324. The molecule has 0 aromatic heterocycles. The molecule has 100 valence electrons. The molecule has 1 unspecified atom stereocenters. The zero-order valence-corrected chi connectivity index (χ0v) is 11.1. The van der Waals surface area contributed by atoms with Crippen LogP contribution in [0.2, 0.25) is 0 Å². The SMILES string of the molecule is CC1CCN(S(=O)(=O)NCC(O)C2CC2)CC1. The Morgan fingerprint density at radius 2 is 1.88 bits per heavy atom. The Morgan fingerprint density at radius 1 is 1.29 bits per heavy atom. The fourth-order valence-electron chi connectivity index (χ4n) is 2.15. The summed E-state index contributed by atoms with van der Waals surface area (Å²) in [5.74, 6) is 0.914. The quantitative estimate of drug-likeness (QED) is 0.750. The monoisotopic (exact) mass is 262 g/mol. The highest BCUT2D eigenvalue weighted by Crippen LogP contribution is 2.32. The van der Waals surface area contributed by atoms with Gasteiger partial charge in [0.05, 0.1) is 6.10 Å². The number of nitrogens with zero attached hydrogens (tertiary/aromatic N) is 1. The molecule has 0 radical (unpaired) electrons. The summed E-state index contributed by atoms with van der Waals surface area (Å²) in [5.41, 5.74) is 0. The van der Waals surface area contributed by atoms with Crippen molar-refractivity contribution in [3.8, 4) is 0 Å². The third kappa shape index (κ3) is 3.64. The number of hydrogen-bond acceptors (Lipinski definition) is 3. The summed E-state index contributed by atoms with van der Waals surface area (Å²) in [6.45, 7) is 3.49. The number of hydrogen-bond donors (Lipinski definition) is 2. The summed E-state index contributed by atoms with van der Waals surface area (Å²) in [5, 5.41) is 9.65. The Bertz CT molecular complexity index is 346. The van der Waals surface area contributed by atoms with E-state index in [0.29, 0.717) is 24.9 Å². The van der Waals surface area contributed by atoms with Gasteiger partial charge in [-0.25, -0.2) is 0 Å². The minimum Gasteiger partial charge on any atom is -0.391 e. The van der Waals surface area contributed by atoms with Crippen LogP contribution in [0.1, 0.15) is 32.6 Å². The Morgan fingerprint density at radius 3 is 2.41 bits per heavy atom. The van der Waals surface area contributed by atoms with Crippen LogP contribution in [0.3, 0.4) is 0 Å². The Kier molecular flexibility index (Phi) is 4.07. The van der Waals surface area contributed by atoms with Gasteiger partial charge in [0.1, 0.15) is 0 Å². The molecule has 0 aromatic rings. The maximum Gasteiger partial charge on any atom is 0.279 e. The van der Waals surface area contributed by atoms with Crippen LogP contribution < -0.4 is 4.72 Å². The van der Waals surface area contributed by atoms with Crippen LogP contribution in [-0.2, 0) is 10.2 Å². The molecule has 2 rings (SSSR count). The first-order valence-electron chi connectivity index (χ1n) is 6.42. The fourth-order valence-corrected chi connectivity index (χ4v) is 3.41. The maximum atomic E-state index is 11.9. The van der Waals surface area contributed by atoms with E-state index >= 15 is 0 Å². The molecular formula is C11H22N2O3S. The third-order valence-corrected chi connectivity index (χ3v) is 5.30. The van der Waals surface area contributed by atoms with Crippen LogP contribution in [0.4, 0.5) is 0 Å². The van der Waals surface area contributed by atoms with Crippen molar-refractivity contribution >= 4 is 10.2 Å². The molecule has 6 heteroatoms. The molecule has 2 N–H and O–H groups in total. The van der Waals surface area contributed by atoms with Crippen LogP contribution in [0, 0.1) is 11.8 Å². The lowest BCUT2D eigenvalue weighted by atomic mass is 10.0. The molecule has 0 spiro atoms. The van der Waals surface area contributed by atoms with Gasteiger partial charge >= 0.3 is 0 Å². The van der Waals surface area contributed by atoms with E-state index in [9.17, 15) is 13.5 Å². The molecule has 5 nitrogen and oxygen atoms in total. The van der Waals surface area contributed by atoms with Gasteiger partial charge in [-0.15, -0.1) is 0 Å². The number of aliphatic hydroxyl groups is 1. The zero-order valence-electron chi connectivity index (χ0n) is 10.3. The van der Waals surface area contributed by atoms with Gasteiger partial charge in [0, 0.05) is 19.6 Å². The van der Waals surface area contributed by atoms with Gasteiger partial charge in [0.15, 0.2) is 0 Å². The van der Waals surface area contributed by atoms with E-state index in [1.807, 2.05) is 0 Å². The van der Waals surface area contributed by atoms with Crippen molar-refractivity contribution < 1.29 is 13.5 Å². The van der Waals surface area contributed by atoms with E-state index in [1.165, 1.54) is 4.31 Å². The van der Waals surface area contributed by atoms with Crippen LogP contribution >= 0.6 is 0 Å². The molecule has 1 aliphatic heterocycles. The van der Waals surface area contributed by atoms with Gasteiger partial charge in [0.25, 0.3) is 10.2 Å². The first kappa shape index (κ1) is 13.3. The third-order valence-electron chi connectivity index (χ3n) is 3.72. The highest BCUT2D eigenvalue weighted by Gasteiger charge is 2.32. The molecule has 2 fully saturated rings. The van der Waals surface area contributed by atoms with Gasteiger partial charge in [-0.05, 0) is 37.5 Å². The summed E-state index contributed by atoms with van der Waals surface area (Å²) < 4.78 is 27.9. The van der Waals surface area contributed by atoms with Crippen LogP contribution in [0.25, 0.3) is 0 Å². The molecule has 1 saturated carbocycles. The van der Waals surface area contributed by atoms with Crippen LogP contribution in [0.15, 0.2) is 0 Å². The average molecular weight is 262 g/mol. The summed E-state index contributed by atoms with van der Waals surface area (Å²) in [7, 11) is -3.38. The molecule has 1 saturated heterocycles. The lowest BCUT2D eigenvalue weighted by molar-refractivity contribution is 0.154. The maximum absolute atomic E-state index is 11.9. The van der Waals surface area contributed by atoms with E-state index in [1.54, 1.807) is 0 Å². The van der Waals surface area contributed by atoms with Gasteiger partial charge in [-0.1, -0.05) is 6.92 Å². The second-order valence-electron chi connectivity index (χ2n) is 5.34. The van der Waals surface area contributed by atoms with Crippen LogP contribution in [0.5, 0.6) is 0 Å². The van der Waals surface area contributed by atoms with E-state index in [4.69, 9.17) is 0 Å². The average Bonchev–Trinajstić information content (AvgIpc) is 3.10. The molecule has 1 atom stereocenters. The van der Waals surface area contributed by atoms with E-state index in [0.717, 1.165) is 25.7 Å². The van der Waals surface area contributed by atoms with E-state index in [2.05, 4.69) is 11.6 Å². The summed E-state index contributed by atoms with van der Waals surface area (Å²) in [6, 6.07) is 0. The second kappa shape index (κ2) is 5.22. The first-order valence-corrected chi connectivity index (χ1v) is 7.86. The van der Waals surface area contributed by atoms with Crippen molar-refractivity contribution in [3.63, 3.8) is 0 Å². The first-order chi connectivity index (χ1) is 7.99. The minimum atomic E-state index is -3.38. The van der Waals surface area contributed by atoms with Crippen molar-refractivity contribution in [2.24, 2.45) is 11.8 Å². The minimum absolute atomic E-state index is 0.152. The van der Waals surface area contributed by atoms with Crippen LogP contribution in [-0.4, -0.2) is 43.6 Å². The van der Waals surface area contributed by atoms with Crippen molar-refractivity contribution in [1.82, 2.24) is 9.03 Å². The lowest BCUT2D eigenvalue weighted by Gasteiger charge is -2.29. The standard InChI is InChI=1S/C11H22N2O3S/c1-9-4-6-13(7-5-9)17(15,16)12-8-11(14)10-2-3-10/h9-12,14H,2-8H2,1H3. The van der Waals surface area contributed by atoms with Crippen molar-refractivity contribution in [2.75, 3.05) is 19.6 Å². The Hall–Kier alpha value is -0.170. The van der Waals surface area contributed by atoms with E-state index < -0.39 is 16.3 Å². The van der Waals surface area contributed by atoms with Crippen molar-refractivity contribution in [3.05, 3.63) is 0 Å². The Labute approximate surface area is 103 Å². The summed E-state index contributed by atoms with van der Waals surface area (Å²) in [6.07, 6.45) is 3.36. The number of nitrogens with one attached hydrogen (secondary N) is 1. The fraction of sp³-hybridized carbons (Fsp3) is 1.00. The second-order valence-corrected chi connectivity index (χ2v) is 7.10. The van der Waals surface area contributed by atoms with Gasteiger partial charge in [-0.3, -0.25) is 0 Å². The molecule has 0 aromatic carbocycles. The largest absolute Gasteiger partial charge is 0.391 e. The van der Waals surface area contributed by atoms with Gasteiger partial charge < -0.3 is 5.11 Å². The Balaban J connectivity index is 1.81. The summed E-state index contributed by atoms with van der Waals surface area (Å²) >= 11 is 0. The normalized spacial score (nSPS) is 26.0. The lowest BCUT2D eigenvalue weighted by Crippen LogP contribution is -2.46. The zero-order chi connectivity index (χ0) is 12.5. The molecule has 0 bridgehead atoms. The number of rotatable bonds is 5. The number of piperidine rings is 1. The smallest absolute Gasteiger partial charge is 0.279 e. The van der Waals surface area contributed by atoms with Crippen molar-refractivity contribution in [2.45, 2.75) is 38.7 Å². The highest BCUT2D eigenvalue weighted by atomic mass is 32.2. The topological polar surface area (TPSA) is 69.6 Å². The van der Waals surface area contributed by atoms with Gasteiger partial charge in [-0.2, -0.15) is 17.4 Å². The van der Waals surface area contributed by atoms with Crippen molar-refractivity contribution in [1.29, 1.82) is 0 Å². The van der Waals surface area contributed by atoms with Gasteiger partial charge in [0.2, 0.25) is 0 Å². The van der Waals surface area contributed by atoms with E-state index in [-0.39, 0.29) is 6.54 Å². The highest BCUT2D eigenvalue weighted by molar-refractivity contribution is 7.87. The summed E-state index contributed by atoms with van der Waals surface area (Å²) in [4.78, 5) is 0. The molecule has 0 amide bonds. The molecular weight excluding hydrogens is 240 g/mol. The molecule has 17 heavy (non-hydrogen) atoms. The molecule has 1 heterocycles. The molecule has 2 aliphatic rings. The molecule has 1 aliphatic carbocycles. The predicted molar refractivity (Wildman–Crippen MR) is 65.6 cm³/mol. The number of aliphatic hydroxyl groups excluding tert-OH is 1.